The Balaban J connectivity index is 2.29. The van der Waals surface area contributed by atoms with Gasteiger partial charge in [0.25, 0.3) is 0 Å². The van der Waals surface area contributed by atoms with Gasteiger partial charge in [-0.1, -0.05) is 59.5 Å². The summed E-state index contributed by atoms with van der Waals surface area (Å²) in [5.74, 6) is 0. The first-order chi connectivity index (χ1) is 7.93. The largest absolute Gasteiger partial charge is 0.382 e. The highest BCUT2D eigenvalue weighted by Crippen LogP contribution is 2.41. The number of hydrogen-bond donors (Lipinski definition) is 0. The van der Waals surface area contributed by atoms with Crippen molar-refractivity contribution in [2.75, 3.05) is 13.2 Å². The number of rotatable bonds is 8. The van der Waals surface area contributed by atoms with Crippen LogP contribution in [-0.2, 0) is 4.74 Å². The van der Waals surface area contributed by atoms with Crippen LogP contribution in [0.15, 0.2) is 0 Å². The van der Waals surface area contributed by atoms with E-state index in [0.717, 1.165) is 32.2 Å². The molecule has 3 radical (unpaired) electrons. The Morgan fingerprint density at radius 3 is 2.41 bits per heavy atom. The topological polar surface area (TPSA) is 9.23 Å². The lowest BCUT2D eigenvalue weighted by Gasteiger charge is -2.42. The van der Waals surface area contributed by atoms with Crippen molar-refractivity contribution in [2.45, 2.75) is 64.8 Å². The molecule has 0 amide bonds. The molecule has 0 saturated carbocycles. The third-order valence-electron chi connectivity index (χ3n) is 4.20. The van der Waals surface area contributed by atoms with Gasteiger partial charge in [0.2, 0.25) is 0 Å². The molecule has 1 saturated heterocycles. The Labute approximate surface area is 110 Å². The van der Waals surface area contributed by atoms with E-state index < -0.39 is 0 Å². The average Bonchev–Trinajstić information content (AvgIpc) is 2.21. The van der Waals surface area contributed by atoms with E-state index in [9.17, 15) is 0 Å². The molecule has 0 bridgehead atoms. The smallest absolute Gasteiger partial charge is 0.123 e. The standard InChI is InChI=1S/C13H26B3O/c1-5-12(3,4)9-16(14)8-7-13(15-6-2)10-17-11-13/h5-11H2,1-4H3. The van der Waals surface area contributed by atoms with Gasteiger partial charge < -0.3 is 4.74 Å². The fourth-order valence-corrected chi connectivity index (χ4v) is 2.59. The summed E-state index contributed by atoms with van der Waals surface area (Å²) in [6, 6.07) is 0. The van der Waals surface area contributed by atoms with Crippen LogP contribution in [0.3, 0.4) is 0 Å². The predicted molar refractivity (Wildman–Crippen MR) is 79.6 cm³/mol. The minimum Gasteiger partial charge on any atom is -0.382 e. The molecule has 17 heavy (non-hydrogen) atoms. The predicted octanol–water partition coefficient (Wildman–Crippen LogP) is 3.30. The molecule has 1 aliphatic rings. The zero-order valence-electron chi connectivity index (χ0n) is 12.1. The lowest BCUT2D eigenvalue weighted by molar-refractivity contribution is -0.0221. The average molecular weight is 231 g/mol. The van der Waals surface area contributed by atoms with Gasteiger partial charge >= 0.3 is 0 Å². The van der Waals surface area contributed by atoms with Crippen LogP contribution in [0.1, 0.15) is 40.5 Å². The molecule has 93 valence electrons. The van der Waals surface area contributed by atoms with E-state index in [-0.39, 0.29) is 0 Å². The van der Waals surface area contributed by atoms with Crippen molar-refractivity contribution in [1.29, 1.82) is 0 Å². The van der Waals surface area contributed by atoms with Crippen LogP contribution >= 0.6 is 0 Å². The van der Waals surface area contributed by atoms with Crippen molar-refractivity contribution in [3.05, 3.63) is 0 Å². The third kappa shape index (κ3) is 4.73. The molecule has 0 aliphatic carbocycles. The minimum absolute atomic E-state index is 0.340. The molecule has 0 aromatic rings. The molecule has 1 heterocycles. The van der Waals surface area contributed by atoms with E-state index in [1.54, 1.807) is 0 Å². The van der Waals surface area contributed by atoms with Gasteiger partial charge in [-0.05, 0) is 10.7 Å². The van der Waals surface area contributed by atoms with Crippen LogP contribution in [0.4, 0.5) is 0 Å². The summed E-state index contributed by atoms with van der Waals surface area (Å²) in [5, 5.41) is 0.350. The molecule has 1 rings (SSSR count). The maximum absolute atomic E-state index is 6.26. The molecule has 1 fully saturated rings. The first-order valence-electron chi connectivity index (χ1n) is 7.11. The van der Waals surface area contributed by atoms with E-state index in [4.69, 9.17) is 12.5 Å². The Kier molecular flexibility index (Phi) is 5.69. The normalized spacial score (nSPS) is 18.6. The molecule has 1 aliphatic heterocycles. The van der Waals surface area contributed by atoms with Crippen LogP contribution in [0.25, 0.3) is 0 Å². The second-order valence-electron chi connectivity index (χ2n) is 6.49. The van der Waals surface area contributed by atoms with Gasteiger partial charge in [-0.2, -0.15) is 0 Å². The van der Waals surface area contributed by atoms with Crippen LogP contribution in [0.5, 0.6) is 0 Å². The van der Waals surface area contributed by atoms with Gasteiger partial charge in [-0.3, -0.25) is 0 Å². The Bertz CT molecular complexity index is 227. The highest BCUT2D eigenvalue weighted by Gasteiger charge is 2.37. The highest BCUT2D eigenvalue weighted by molar-refractivity contribution is 7.03. The molecule has 4 heteroatoms. The van der Waals surface area contributed by atoms with E-state index in [0.29, 0.717) is 17.3 Å². The van der Waals surface area contributed by atoms with Crippen molar-refractivity contribution >= 4 is 21.6 Å². The molecule has 0 N–H and O–H groups in total. The summed E-state index contributed by atoms with van der Waals surface area (Å²) in [5.41, 5.74) is 0.386. The van der Waals surface area contributed by atoms with E-state index in [1.165, 1.54) is 12.8 Å². The molecule has 1 nitrogen and oxygen atoms in total. The summed E-state index contributed by atoms with van der Waals surface area (Å²) < 4.78 is 5.37. The second-order valence-corrected chi connectivity index (χ2v) is 6.49. The van der Waals surface area contributed by atoms with Crippen LogP contribution in [-0.4, -0.2) is 34.8 Å². The van der Waals surface area contributed by atoms with E-state index in [1.807, 2.05) is 0 Å². The van der Waals surface area contributed by atoms with Gasteiger partial charge in [-0.15, -0.1) is 0 Å². The molecular formula is C13H26B3O. The quantitative estimate of drug-likeness (QED) is 0.582. The Morgan fingerprint density at radius 1 is 1.35 bits per heavy atom. The van der Waals surface area contributed by atoms with E-state index in [2.05, 4.69) is 35.0 Å². The lowest BCUT2D eigenvalue weighted by atomic mass is 9.25. The highest BCUT2D eigenvalue weighted by atomic mass is 16.5. The number of hydrogen-bond acceptors (Lipinski definition) is 1. The molecule has 0 atom stereocenters. The van der Waals surface area contributed by atoms with Crippen molar-refractivity contribution in [1.82, 2.24) is 0 Å². The summed E-state index contributed by atoms with van der Waals surface area (Å²) >= 11 is 0. The van der Waals surface area contributed by atoms with Crippen molar-refractivity contribution in [2.24, 2.45) is 5.41 Å². The van der Waals surface area contributed by atoms with Gasteiger partial charge in [0.1, 0.15) is 7.28 Å². The van der Waals surface area contributed by atoms with Gasteiger partial charge in [0, 0.05) is 21.0 Å². The van der Waals surface area contributed by atoms with Gasteiger partial charge in [0.15, 0.2) is 0 Å². The molecule has 0 spiro atoms. The summed E-state index contributed by atoms with van der Waals surface area (Å²) in [7, 11) is 8.69. The van der Waals surface area contributed by atoms with Gasteiger partial charge in [-0.25, -0.2) is 0 Å². The maximum Gasteiger partial charge on any atom is 0.123 e. The van der Waals surface area contributed by atoms with Crippen LogP contribution in [0, 0.1) is 5.41 Å². The van der Waals surface area contributed by atoms with Crippen molar-refractivity contribution < 1.29 is 4.74 Å². The lowest BCUT2D eigenvalue weighted by Crippen LogP contribution is -2.41. The van der Waals surface area contributed by atoms with Crippen molar-refractivity contribution in [3.8, 4) is 0 Å². The third-order valence-corrected chi connectivity index (χ3v) is 4.20. The van der Waals surface area contributed by atoms with Crippen LogP contribution in [0.2, 0.25) is 24.3 Å². The Morgan fingerprint density at radius 2 is 2.00 bits per heavy atom. The molecule has 0 aromatic carbocycles. The second kappa shape index (κ2) is 6.36. The summed E-state index contributed by atoms with van der Waals surface area (Å²) in [6.45, 7) is 11.2. The first-order valence-corrected chi connectivity index (χ1v) is 7.11. The SMILES string of the molecule is [B]B(CCC1([B]CC)COC1)CC(C)(C)CC. The zero-order chi connectivity index (χ0) is 12.9. The summed E-state index contributed by atoms with van der Waals surface area (Å²) in [6.07, 6.45) is 5.80. The zero-order valence-corrected chi connectivity index (χ0v) is 12.1. The first kappa shape index (κ1) is 15.2. The molecule has 0 aromatic heterocycles. The summed E-state index contributed by atoms with van der Waals surface area (Å²) in [4.78, 5) is 0. The Hall–Kier alpha value is 0.155. The monoisotopic (exact) mass is 231 g/mol. The van der Waals surface area contributed by atoms with E-state index >= 15 is 0 Å². The number of ether oxygens (including phenoxy) is 1. The molecular weight excluding hydrogens is 205 g/mol. The van der Waals surface area contributed by atoms with Crippen LogP contribution < -0.4 is 0 Å². The fourth-order valence-electron chi connectivity index (χ4n) is 2.59. The maximum atomic E-state index is 6.26. The minimum atomic E-state index is 0.340. The molecule has 0 unspecified atom stereocenters. The van der Waals surface area contributed by atoms with Crippen molar-refractivity contribution in [3.63, 3.8) is 0 Å². The van der Waals surface area contributed by atoms with Gasteiger partial charge in [0.05, 0.1) is 6.60 Å². The fraction of sp³-hybridized carbons (Fsp3) is 1.00.